The van der Waals surface area contributed by atoms with Crippen LogP contribution in [0.5, 0.6) is 0 Å². The predicted octanol–water partition coefficient (Wildman–Crippen LogP) is 0.718. The van der Waals surface area contributed by atoms with Crippen molar-refractivity contribution in [1.29, 1.82) is 0 Å². The van der Waals surface area contributed by atoms with Crippen LogP contribution < -0.4 is 10.9 Å². The van der Waals surface area contributed by atoms with Crippen LogP contribution in [0.15, 0.2) is 41.2 Å². The van der Waals surface area contributed by atoms with Gasteiger partial charge in [0.15, 0.2) is 0 Å². The molecule has 0 bridgehead atoms. The Bertz CT molecular complexity index is 519. The zero-order chi connectivity index (χ0) is 10.1. The number of fused-ring (bicyclic) bond motifs is 1. The standard InChI is InChI=1S/C9H8N2O3/c12-9-6-5-7-3-1-2-4-8(7)10(9)11(13)14/h1-6,13-14H. The van der Waals surface area contributed by atoms with Gasteiger partial charge in [-0.2, -0.15) is 4.68 Å². The smallest absolute Gasteiger partial charge is 0.267 e. The Hall–Kier alpha value is -1.85. The van der Waals surface area contributed by atoms with Crippen molar-refractivity contribution in [2.45, 2.75) is 0 Å². The van der Waals surface area contributed by atoms with Crippen molar-refractivity contribution >= 4 is 10.9 Å². The minimum absolute atomic E-state index is 0.218. The lowest BCUT2D eigenvalue weighted by Gasteiger charge is -2.12. The lowest BCUT2D eigenvalue weighted by Crippen LogP contribution is -2.36. The lowest BCUT2D eigenvalue weighted by atomic mass is 10.2. The molecule has 0 amide bonds. The van der Waals surface area contributed by atoms with Crippen LogP contribution in [0.2, 0.25) is 0 Å². The molecule has 1 aromatic carbocycles. The van der Waals surface area contributed by atoms with Crippen molar-refractivity contribution in [3.05, 3.63) is 46.8 Å². The quantitative estimate of drug-likeness (QED) is 0.653. The molecule has 5 nitrogen and oxygen atoms in total. The van der Waals surface area contributed by atoms with E-state index in [0.717, 1.165) is 10.1 Å². The van der Waals surface area contributed by atoms with E-state index in [4.69, 9.17) is 10.4 Å². The highest BCUT2D eigenvalue weighted by atomic mass is 16.8. The Kier molecular flexibility index (Phi) is 1.95. The highest BCUT2D eigenvalue weighted by Crippen LogP contribution is 2.09. The van der Waals surface area contributed by atoms with Crippen molar-refractivity contribution in [3.63, 3.8) is 0 Å². The first-order valence-corrected chi connectivity index (χ1v) is 3.99. The second-order valence-corrected chi connectivity index (χ2v) is 2.81. The molecule has 2 N–H and O–H groups in total. The fourth-order valence-corrected chi connectivity index (χ4v) is 1.36. The number of hydrogen-bond acceptors (Lipinski definition) is 4. The summed E-state index contributed by atoms with van der Waals surface area (Å²) in [7, 11) is 0. The number of rotatable bonds is 1. The third-order valence-corrected chi connectivity index (χ3v) is 1.96. The number of aromatic nitrogens is 1. The summed E-state index contributed by atoms with van der Waals surface area (Å²) < 4.78 is 0.759. The Balaban J connectivity index is 2.90. The van der Waals surface area contributed by atoms with Gasteiger partial charge in [-0.05, 0) is 17.5 Å². The van der Waals surface area contributed by atoms with Gasteiger partial charge in [-0.25, -0.2) is 10.4 Å². The van der Waals surface area contributed by atoms with Crippen molar-refractivity contribution in [3.8, 4) is 0 Å². The van der Waals surface area contributed by atoms with E-state index in [1.54, 1.807) is 30.3 Å². The van der Waals surface area contributed by atoms with Gasteiger partial charge in [-0.1, -0.05) is 18.2 Å². The van der Waals surface area contributed by atoms with E-state index < -0.39 is 5.56 Å². The molecule has 2 aromatic rings. The van der Waals surface area contributed by atoms with E-state index in [2.05, 4.69) is 0 Å². The monoisotopic (exact) mass is 192 g/mol. The van der Waals surface area contributed by atoms with Crippen LogP contribution in [0.4, 0.5) is 0 Å². The second kappa shape index (κ2) is 3.13. The number of hydrogen-bond donors (Lipinski definition) is 2. The summed E-state index contributed by atoms with van der Waals surface area (Å²) >= 11 is 0. The summed E-state index contributed by atoms with van der Waals surface area (Å²) in [6.07, 6.45) is 0. The van der Waals surface area contributed by atoms with Crippen LogP contribution in [0.25, 0.3) is 10.9 Å². The Morgan fingerprint density at radius 1 is 1.07 bits per heavy atom. The molecule has 0 spiro atoms. The topological polar surface area (TPSA) is 65.7 Å². The summed E-state index contributed by atoms with van der Waals surface area (Å²) in [6.45, 7) is 0. The van der Waals surface area contributed by atoms with Crippen LogP contribution >= 0.6 is 0 Å². The van der Waals surface area contributed by atoms with Gasteiger partial charge >= 0.3 is 0 Å². The zero-order valence-electron chi connectivity index (χ0n) is 7.16. The maximum Gasteiger partial charge on any atom is 0.273 e. The first kappa shape index (κ1) is 8.74. The number of nitrogens with zero attached hydrogens (tertiary/aromatic N) is 2. The first-order valence-electron chi connectivity index (χ1n) is 3.99. The number of benzene rings is 1. The van der Waals surface area contributed by atoms with Crippen molar-refractivity contribution in [1.82, 2.24) is 4.68 Å². The van der Waals surface area contributed by atoms with Gasteiger partial charge in [0.1, 0.15) is 0 Å². The lowest BCUT2D eigenvalue weighted by molar-refractivity contribution is -0.0390. The SMILES string of the molecule is O=c1ccc2ccccc2n1N(O)O. The molecular weight excluding hydrogens is 184 g/mol. The summed E-state index contributed by atoms with van der Waals surface area (Å²) in [6, 6.07) is 9.79. The minimum Gasteiger partial charge on any atom is -0.267 e. The predicted molar refractivity (Wildman–Crippen MR) is 50.0 cm³/mol. The van der Waals surface area contributed by atoms with Crippen LogP contribution in [-0.4, -0.2) is 15.1 Å². The molecule has 0 unspecified atom stereocenters. The maximum absolute atomic E-state index is 11.3. The van der Waals surface area contributed by atoms with Crippen molar-refractivity contribution < 1.29 is 10.4 Å². The number of para-hydroxylation sites is 1. The van der Waals surface area contributed by atoms with Crippen LogP contribution in [0.3, 0.4) is 0 Å². The molecule has 1 aromatic heterocycles. The molecule has 2 rings (SSSR count). The summed E-state index contributed by atoms with van der Waals surface area (Å²) in [5, 5.41) is 18.2. The van der Waals surface area contributed by atoms with Crippen LogP contribution in [0, 0.1) is 0 Å². The van der Waals surface area contributed by atoms with E-state index >= 15 is 0 Å². The molecule has 0 aliphatic heterocycles. The highest BCUT2D eigenvalue weighted by molar-refractivity contribution is 5.78. The van der Waals surface area contributed by atoms with E-state index in [1.807, 2.05) is 0 Å². The summed E-state index contributed by atoms with van der Waals surface area (Å²) in [5.74, 6) is 0. The summed E-state index contributed by atoms with van der Waals surface area (Å²) in [4.78, 5) is 11.3. The van der Waals surface area contributed by atoms with Crippen molar-refractivity contribution in [2.24, 2.45) is 0 Å². The van der Waals surface area contributed by atoms with Gasteiger partial charge in [0.05, 0.1) is 5.52 Å². The molecule has 0 atom stereocenters. The van der Waals surface area contributed by atoms with E-state index in [9.17, 15) is 4.79 Å². The third kappa shape index (κ3) is 1.24. The molecule has 5 heteroatoms. The van der Waals surface area contributed by atoms with Gasteiger partial charge in [0.25, 0.3) is 5.56 Å². The van der Waals surface area contributed by atoms with Gasteiger partial charge in [-0.15, -0.1) is 0 Å². The average Bonchev–Trinajstić information content (AvgIpc) is 2.17. The molecule has 1 heterocycles. The molecule has 0 saturated carbocycles. The number of pyridine rings is 1. The minimum atomic E-state index is -0.506. The van der Waals surface area contributed by atoms with Gasteiger partial charge in [0, 0.05) is 11.5 Å². The molecule has 0 radical (unpaired) electrons. The normalized spacial score (nSPS) is 10.4. The molecule has 72 valence electrons. The van der Waals surface area contributed by atoms with Crippen molar-refractivity contribution in [2.75, 3.05) is 5.34 Å². The fourth-order valence-electron chi connectivity index (χ4n) is 1.36. The highest BCUT2D eigenvalue weighted by Gasteiger charge is 2.05. The molecule has 14 heavy (non-hydrogen) atoms. The Labute approximate surface area is 78.9 Å². The summed E-state index contributed by atoms with van der Waals surface area (Å²) in [5.41, 5.74) is -0.0706. The maximum atomic E-state index is 11.3. The van der Waals surface area contributed by atoms with Gasteiger partial charge in [-0.3, -0.25) is 4.79 Å². The molecule has 0 aliphatic carbocycles. The van der Waals surface area contributed by atoms with Gasteiger partial charge < -0.3 is 0 Å². The average molecular weight is 192 g/mol. The van der Waals surface area contributed by atoms with Crippen LogP contribution in [0.1, 0.15) is 0 Å². The molecule has 0 fully saturated rings. The fraction of sp³-hybridized carbons (Fsp3) is 0. The molecule has 0 aliphatic rings. The van der Waals surface area contributed by atoms with E-state index in [1.165, 1.54) is 6.07 Å². The zero-order valence-corrected chi connectivity index (χ0v) is 7.16. The van der Waals surface area contributed by atoms with Crippen LogP contribution in [-0.2, 0) is 0 Å². The van der Waals surface area contributed by atoms with E-state index in [-0.39, 0.29) is 5.34 Å². The van der Waals surface area contributed by atoms with E-state index in [0.29, 0.717) is 5.52 Å². The third-order valence-electron chi connectivity index (χ3n) is 1.96. The second-order valence-electron chi connectivity index (χ2n) is 2.81. The Morgan fingerprint density at radius 3 is 2.50 bits per heavy atom. The van der Waals surface area contributed by atoms with Gasteiger partial charge in [0.2, 0.25) is 0 Å². The largest absolute Gasteiger partial charge is 0.273 e. The molecular formula is C9H8N2O3. The first-order chi connectivity index (χ1) is 6.70. The molecule has 0 saturated heterocycles. The Morgan fingerprint density at radius 2 is 1.79 bits per heavy atom.